The molecule has 2 aliphatic heterocycles. The third kappa shape index (κ3) is 4.18. The molecule has 0 spiro atoms. The van der Waals surface area contributed by atoms with Crippen LogP contribution in [0.2, 0.25) is 0 Å². The van der Waals surface area contributed by atoms with E-state index >= 15 is 0 Å². The molecule has 1 aromatic carbocycles. The Kier molecular flexibility index (Phi) is 5.76. The smallest absolute Gasteiger partial charge is 0.414 e. The Morgan fingerprint density at radius 1 is 1.12 bits per heavy atom. The lowest BCUT2D eigenvalue weighted by Gasteiger charge is -2.45. The molecule has 0 radical (unpaired) electrons. The van der Waals surface area contributed by atoms with Crippen LogP contribution in [0.5, 0.6) is 5.88 Å². The molecule has 172 valence electrons. The molecule has 1 unspecified atom stereocenters. The number of carbonyl (C=O) groups is 1. The lowest BCUT2D eigenvalue weighted by atomic mass is 10.1. The number of ether oxygens (including phenoxy) is 2. The number of hydrogen-bond acceptors (Lipinski definition) is 7. The Labute approximate surface area is 193 Å². The molecule has 1 amide bonds. The van der Waals surface area contributed by atoms with Gasteiger partial charge in [-0.3, -0.25) is 14.8 Å². The van der Waals surface area contributed by atoms with Crippen molar-refractivity contribution in [3.8, 4) is 5.88 Å². The van der Waals surface area contributed by atoms with E-state index in [0.29, 0.717) is 25.0 Å². The summed E-state index contributed by atoms with van der Waals surface area (Å²) in [5, 5.41) is 0. The highest BCUT2D eigenvalue weighted by Gasteiger charge is 2.37. The number of aryl methyl sites for hydroxylation is 1. The van der Waals surface area contributed by atoms with Crippen molar-refractivity contribution in [2.45, 2.75) is 25.5 Å². The summed E-state index contributed by atoms with van der Waals surface area (Å²) >= 11 is 0. The molecule has 0 aliphatic carbocycles. The van der Waals surface area contributed by atoms with Gasteiger partial charge in [-0.1, -0.05) is 19.1 Å². The van der Waals surface area contributed by atoms with E-state index in [9.17, 15) is 4.79 Å². The number of benzene rings is 1. The minimum atomic E-state index is -0.267. The van der Waals surface area contributed by atoms with Crippen LogP contribution in [0.15, 0.2) is 48.7 Å². The number of fused-ring (bicyclic) bond motifs is 1. The summed E-state index contributed by atoms with van der Waals surface area (Å²) in [6.07, 6.45) is 2.39. The Hall–Kier alpha value is -3.39. The number of amides is 1. The van der Waals surface area contributed by atoms with Gasteiger partial charge in [-0.2, -0.15) is 0 Å². The fourth-order valence-corrected chi connectivity index (χ4v) is 4.50. The molecule has 8 heteroatoms. The highest BCUT2D eigenvalue weighted by molar-refractivity contribution is 5.90. The predicted octanol–water partition coefficient (Wildman–Crippen LogP) is 3.35. The second-order valence-electron chi connectivity index (χ2n) is 8.69. The van der Waals surface area contributed by atoms with E-state index in [-0.39, 0.29) is 12.2 Å². The van der Waals surface area contributed by atoms with Gasteiger partial charge in [0.05, 0.1) is 24.9 Å². The molecule has 8 nitrogen and oxygen atoms in total. The summed E-state index contributed by atoms with van der Waals surface area (Å²) in [6, 6.07) is 14.3. The molecular formula is C25H29N5O3. The van der Waals surface area contributed by atoms with Crippen molar-refractivity contribution in [3.05, 3.63) is 54.2 Å². The molecule has 2 aromatic heterocycles. The summed E-state index contributed by atoms with van der Waals surface area (Å²) in [7, 11) is 3.72. The molecule has 4 heterocycles. The normalized spacial score (nSPS) is 18.7. The van der Waals surface area contributed by atoms with Gasteiger partial charge in [-0.05, 0) is 43.3 Å². The Morgan fingerprint density at radius 2 is 1.91 bits per heavy atom. The summed E-state index contributed by atoms with van der Waals surface area (Å²) in [4.78, 5) is 27.8. The second kappa shape index (κ2) is 8.86. The second-order valence-corrected chi connectivity index (χ2v) is 8.69. The first kappa shape index (κ1) is 21.5. The molecule has 5 rings (SSSR count). The van der Waals surface area contributed by atoms with Crippen LogP contribution in [0, 0.1) is 0 Å². The van der Waals surface area contributed by atoms with E-state index in [1.165, 1.54) is 5.56 Å². The van der Waals surface area contributed by atoms with Gasteiger partial charge in [0, 0.05) is 43.6 Å². The Balaban J connectivity index is 1.19. The molecule has 2 aliphatic rings. The molecule has 3 aromatic rings. The fourth-order valence-electron chi connectivity index (χ4n) is 4.50. The minimum Gasteiger partial charge on any atom is -0.481 e. The maximum atomic E-state index is 12.4. The van der Waals surface area contributed by atoms with E-state index in [4.69, 9.17) is 9.47 Å². The van der Waals surface area contributed by atoms with Gasteiger partial charge in [0.2, 0.25) is 5.88 Å². The number of likely N-dealkylation sites (N-methyl/N-ethyl adjacent to an activating group) is 1. The van der Waals surface area contributed by atoms with E-state index < -0.39 is 0 Å². The number of carbonyl (C=O) groups excluding carboxylic acids is 1. The average Bonchev–Trinajstić information content (AvgIpc) is 3.17. The van der Waals surface area contributed by atoms with Crippen molar-refractivity contribution in [2.75, 3.05) is 50.1 Å². The Morgan fingerprint density at radius 3 is 2.64 bits per heavy atom. The molecule has 1 atom stereocenters. The van der Waals surface area contributed by atoms with Gasteiger partial charge >= 0.3 is 6.09 Å². The van der Waals surface area contributed by atoms with Crippen LogP contribution < -0.4 is 14.5 Å². The first-order valence-electron chi connectivity index (χ1n) is 11.4. The SMILES string of the molecule is CCc1ccc(N2CC(CN(C)C3CN(c4ccnc5ccc(OC)nc45)C3)OC2=O)cc1. The molecule has 2 fully saturated rings. The van der Waals surface area contributed by atoms with Crippen LogP contribution in [0.25, 0.3) is 11.0 Å². The lowest BCUT2D eigenvalue weighted by Crippen LogP contribution is -2.59. The summed E-state index contributed by atoms with van der Waals surface area (Å²) in [5.74, 6) is 0.586. The zero-order chi connectivity index (χ0) is 22.9. The van der Waals surface area contributed by atoms with Crippen molar-refractivity contribution < 1.29 is 14.3 Å². The van der Waals surface area contributed by atoms with Gasteiger partial charge in [0.1, 0.15) is 11.6 Å². The van der Waals surface area contributed by atoms with Crippen LogP contribution in [0.3, 0.4) is 0 Å². The standard InChI is InChI=1S/C25H29N5O3/c1-4-17-5-7-18(8-6-17)30-16-20(33-25(30)31)15-28(2)19-13-29(14-19)22-11-12-26-21-9-10-23(32-3)27-24(21)22/h5-12,19-20H,4,13-16H2,1-3H3. The number of hydrogen-bond donors (Lipinski definition) is 0. The average molecular weight is 448 g/mol. The van der Waals surface area contributed by atoms with Crippen molar-refractivity contribution in [2.24, 2.45) is 0 Å². The van der Waals surface area contributed by atoms with Crippen LogP contribution in [-0.2, 0) is 11.2 Å². The van der Waals surface area contributed by atoms with Gasteiger partial charge in [0.25, 0.3) is 0 Å². The van der Waals surface area contributed by atoms with Crippen LogP contribution in [0.4, 0.5) is 16.2 Å². The predicted molar refractivity (Wildman–Crippen MR) is 128 cm³/mol. The molecule has 0 bridgehead atoms. The largest absolute Gasteiger partial charge is 0.481 e. The third-order valence-corrected chi connectivity index (χ3v) is 6.59. The zero-order valence-corrected chi connectivity index (χ0v) is 19.3. The fraction of sp³-hybridized carbons (Fsp3) is 0.400. The summed E-state index contributed by atoms with van der Waals surface area (Å²) in [6.45, 7) is 5.17. The number of pyridine rings is 2. The number of methoxy groups -OCH3 is 1. The number of cyclic esters (lactones) is 1. The first-order valence-corrected chi connectivity index (χ1v) is 11.4. The van der Waals surface area contributed by atoms with E-state index in [1.807, 2.05) is 36.5 Å². The summed E-state index contributed by atoms with van der Waals surface area (Å²) in [5.41, 5.74) is 4.93. The quantitative estimate of drug-likeness (QED) is 0.550. The van der Waals surface area contributed by atoms with Gasteiger partial charge in [-0.15, -0.1) is 0 Å². The number of rotatable bonds is 7. The third-order valence-electron chi connectivity index (χ3n) is 6.59. The number of aromatic nitrogens is 2. The molecular weight excluding hydrogens is 418 g/mol. The van der Waals surface area contributed by atoms with Crippen molar-refractivity contribution in [1.29, 1.82) is 0 Å². The van der Waals surface area contributed by atoms with E-state index in [2.05, 4.69) is 45.9 Å². The highest BCUT2D eigenvalue weighted by atomic mass is 16.6. The van der Waals surface area contributed by atoms with Crippen molar-refractivity contribution >= 4 is 28.5 Å². The molecule has 2 saturated heterocycles. The maximum Gasteiger partial charge on any atom is 0.414 e. The first-order chi connectivity index (χ1) is 16.1. The molecule has 0 N–H and O–H groups in total. The molecule has 0 saturated carbocycles. The lowest BCUT2D eigenvalue weighted by molar-refractivity contribution is 0.0957. The zero-order valence-electron chi connectivity index (χ0n) is 19.3. The van der Waals surface area contributed by atoms with Crippen molar-refractivity contribution in [1.82, 2.24) is 14.9 Å². The number of nitrogens with zero attached hydrogens (tertiary/aromatic N) is 5. The van der Waals surface area contributed by atoms with Crippen LogP contribution in [-0.4, -0.2) is 73.4 Å². The van der Waals surface area contributed by atoms with Gasteiger partial charge in [0.15, 0.2) is 0 Å². The monoisotopic (exact) mass is 447 g/mol. The van der Waals surface area contributed by atoms with Crippen LogP contribution in [0.1, 0.15) is 12.5 Å². The van der Waals surface area contributed by atoms with Gasteiger partial charge in [-0.25, -0.2) is 9.78 Å². The summed E-state index contributed by atoms with van der Waals surface area (Å²) < 4.78 is 11.0. The van der Waals surface area contributed by atoms with Crippen LogP contribution >= 0.6 is 0 Å². The number of anilines is 2. The van der Waals surface area contributed by atoms with Crippen molar-refractivity contribution in [3.63, 3.8) is 0 Å². The van der Waals surface area contributed by atoms with E-state index in [0.717, 1.165) is 41.9 Å². The maximum absolute atomic E-state index is 12.4. The topological polar surface area (TPSA) is 71.0 Å². The van der Waals surface area contributed by atoms with E-state index in [1.54, 1.807) is 12.0 Å². The Bertz CT molecular complexity index is 1150. The minimum absolute atomic E-state index is 0.143. The molecule has 33 heavy (non-hydrogen) atoms. The van der Waals surface area contributed by atoms with Gasteiger partial charge < -0.3 is 14.4 Å². The highest BCUT2D eigenvalue weighted by Crippen LogP contribution is 2.30.